The average Bonchev–Trinajstić information content (AvgIpc) is 3.01. The summed E-state index contributed by atoms with van der Waals surface area (Å²) >= 11 is 0. The van der Waals surface area contributed by atoms with E-state index >= 15 is 0 Å². The maximum atomic E-state index is 11.5. The normalized spacial score (nSPS) is 30.2. The van der Waals surface area contributed by atoms with E-state index in [9.17, 15) is 9.90 Å². The van der Waals surface area contributed by atoms with Crippen LogP contribution in [0.25, 0.3) is 0 Å². The van der Waals surface area contributed by atoms with E-state index in [1.54, 1.807) is 11.6 Å². The van der Waals surface area contributed by atoms with E-state index in [0.29, 0.717) is 18.3 Å². The molecular weight excluding hydrogens is 286 g/mol. The van der Waals surface area contributed by atoms with Crippen LogP contribution in [0.5, 0.6) is 0 Å². The Labute approximate surface area is 141 Å². The summed E-state index contributed by atoms with van der Waals surface area (Å²) in [5.41, 5.74) is 1.58. The van der Waals surface area contributed by atoms with Crippen molar-refractivity contribution in [3.8, 4) is 0 Å². The Morgan fingerprint density at radius 2 is 2.13 bits per heavy atom. The largest absolute Gasteiger partial charge is 0.392 e. The highest BCUT2D eigenvalue weighted by molar-refractivity contribution is 5.89. The Bertz CT molecular complexity index is 453. The van der Waals surface area contributed by atoms with Crippen molar-refractivity contribution in [2.75, 3.05) is 20.6 Å². The minimum atomic E-state index is -0.274. The first-order chi connectivity index (χ1) is 11.0. The second-order valence-corrected chi connectivity index (χ2v) is 7.53. The lowest BCUT2D eigenvalue weighted by Gasteiger charge is -2.18. The quantitative estimate of drug-likeness (QED) is 0.401. The van der Waals surface area contributed by atoms with Gasteiger partial charge < -0.3 is 10.0 Å². The van der Waals surface area contributed by atoms with Crippen molar-refractivity contribution in [2.45, 2.75) is 58.0 Å². The number of aliphatic hydroxyl groups is 1. The molecule has 3 nitrogen and oxygen atoms in total. The molecule has 0 amide bonds. The highest BCUT2D eigenvalue weighted by Crippen LogP contribution is 2.48. The molecule has 0 aromatic heterocycles. The van der Waals surface area contributed by atoms with Crippen LogP contribution in [-0.2, 0) is 4.79 Å². The number of unbranched alkanes of at least 4 members (excludes halogenated alkanes) is 2. The van der Waals surface area contributed by atoms with Crippen LogP contribution in [0.15, 0.2) is 23.8 Å². The smallest absolute Gasteiger partial charge is 0.155 e. The Morgan fingerprint density at radius 1 is 1.35 bits per heavy atom. The van der Waals surface area contributed by atoms with Crippen LogP contribution in [0.4, 0.5) is 0 Å². The molecule has 0 unspecified atom stereocenters. The Kier molecular flexibility index (Phi) is 7.04. The first-order valence-electron chi connectivity index (χ1n) is 9.24. The van der Waals surface area contributed by atoms with E-state index in [1.807, 2.05) is 13.0 Å². The van der Waals surface area contributed by atoms with Crippen LogP contribution >= 0.6 is 0 Å². The molecule has 1 fully saturated rings. The Morgan fingerprint density at radius 3 is 2.83 bits per heavy atom. The van der Waals surface area contributed by atoms with Gasteiger partial charge in [-0.3, -0.25) is 4.79 Å². The number of allylic oxidation sites excluding steroid dienone is 3. The molecule has 1 N–H and O–H groups in total. The van der Waals surface area contributed by atoms with Crippen LogP contribution < -0.4 is 0 Å². The Balaban J connectivity index is 1.78. The summed E-state index contributed by atoms with van der Waals surface area (Å²) in [7, 11) is 4.26. The van der Waals surface area contributed by atoms with Gasteiger partial charge in [-0.05, 0) is 70.7 Å². The van der Waals surface area contributed by atoms with E-state index in [1.165, 1.54) is 32.2 Å². The predicted octanol–water partition coefficient (Wildman–Crippen LogP) is 3.59. The molecule has 130 valence electrons. The van der Waals surface area contributed by atoms with Gasteiger partial charge in [-0.1, -0.05) is 31.1 Å². The van der Waals surface area contributed by atoms with Gasteiger partial charge in [0.1, 0.15) is 0 Å². The molecule has 0 aromatic rings. The van der Waals surface area contributed by atoms with Gasteiger partial charge in [0.2, 0.25) is 0 Å². The molecule has 4 atom stereocenters. The zero-order valence-electron chi connectivity index (χ0n) is 15.0. The third kappa shape index (κ3) is 5.29. The fourth-order valence-electron chi connectivity index (χ4n) is 4.08. The summed E-state index contributed by atoms with van der Waals surface area (Å²) in [5, 5.41) is 10.3. The molecule has 23 heavy (non-hydrogen) atoms. The molecule has 2 aliphatic rings. The molecule has 0 bridgehead atoms. The second-order valence-electron chi connectivity index (χ2n) is 7.53. The number of carbonyl (C=O) groups excluding carboxylic acids is 1. The Hall–Kier alpha value is -0.930. The molecule has 3 heteroatoms. The second kappa shape index (κ2) is 8.79. The molecule has 0 spiro atoms. The van der Waals surface area contributed by atoms with E-state index in [2.05, 4.69) is 25.1 Å². The van der Waals surface area contributed by atoms with Crippen LogP contribution in [-0.4, -0.2) is 42.5 Å². The molecule has 0 heterocycles. The molecule has 0 aliphatic heterocycles. The summed E-state index contributed by atoms with van der Waals surface area (Å²) < 4.78 is 0. The van der Waals surface area contributed by atoms with E-state index in [0.717, 1.165) is 12.8 Å². The maximum Gasteiger partial charge on any atom is 0.155 e. The van der Waals surface area contributed by atoms with Crippen molar-refractivity contribution in [3.63, 3.8) is 0 Å². The average molecular weight is 319 g/mol. The number of nitrogens with zero attached hydrogens (tertiary/aromatic N) is 1. The lowest BCUT2D eigenvalue weighted by atomic mass is 9.88. The zero-order chi connectivity index (χ0) is 16.8. The summed E-state index contributed by atoms with van der Waals surface area (Å²) in [6.45, 7) is 3.06. The van der Waals surface area contributed by atoms with Gasteiger partial charge in [0.15, 0.2) is 5.78 Å². The van der Waals surface area contributed by atoms with Crippen molar-refractivity contribution in [1.82, 2.24) is 4.90 Å². The van der Waals surface area contributed by atoms with Crippen molar-refractivity contribution >= 4 is 5.78 Å². The molecule has 2 rings (SSSR count). The van der Waals surface area contributed by atoms with Crippen LogP contribution in [0.2, 0.25) is 0 Å². The van der Waals surface area contributed by atoms with Gasteiger partial charge in [-0.25, -0.2) is 0 Å². The number of carbonyl (C=O) groups is 1. The lowest BCUT2D eigenvalue weighted by Crippen LogP contribution is -2.17. The molecule has 1 saturated carbocycles. The lowest BCUT2D eigenvalue weighted by molar-refractivity contribution is -0.114. The number of rotatable bonds is 9. The maximum absolute atomic E-state index is 11.5. The third-order valence-electron chi connectivity index (χ3n) is 5.41. The van der Waals surface area contributed by atoms with E-state index < -0.39 is 0 Å². The minimum Gasteiger partial charge on any atom is -0.392 e. The first kappa shape index (κ1) is 18.4. The summed E-state index contributed by atoms with van der Waals surface area (Å²) in [6.07, 6.45) is 13.4. The van der Waals surface area contributed by atoms with Crippen molar-refractivity contribution in [1.29, 1.82) is 0 Å². The van der Waals surface area contributed by atoms with Gasteiger partial charge in [0.25, 0.3) is 0 Å². The molecule has 0 aromatic carbocycles. The van der Waals surface area contributed by atoms with Gasteiger partial charge >= 0.3 is 0 Å². The predicted molar refractivity (Wildman–Crippen MR) is 95.3 cm³/mol. The highest BCUT2D eigenvalue weighted by Gasteiger charge is 2.43. The summed E-state index contributed by atoms with van der Waals surface area (Å²) in [6, 6.07) is 0. The summed E-state index contributed by atoms with van der Waals surface area (Å²) in [5.74, 6) is 1.36. The van der Waals surface area contributed by atoms with Crippen molar-refractivity contribution in [2.24, 2.45) is 17.8 Å². The number of fused-ring (bicyclic) bond motifs is 1. The minimum absolute atomic E-state index is 0.160. The zero-order valence-corrected chi connectivity index (χ0v) is 15.0. The number of hydrogen-bond acceptors (Lipinski definition) is 3. The van der Waals surface area contributed by atoms with Crippen LogP contribution in [0.1, 0.15) is 51.9 Å². The fourth-order valence-corrected chi connectivity index (χ4v) is 4.08. The monoisotopic (exact) mass is 319 g/mol. The van der Waals surface area contributed by atoms with Gasteiger partial charge in [-0.2, -0.15) is 0 Å². The molecule has 0 radical (unpaired) electrons. The van der Waals surface area contributed by atoms with E-state index in [-0.39, 0.29) is 17.8 Å². The van der Waals surface area contributed by atoms with Gasteiger partial charge in [-0.15, -0.1) is 0 Å². The van der Waals surface area contributed by atoms with E-state index in [4.69, 9.17) is 0 Å². The van der Waals surface area contributed by atoms with Crippen LogP contribution in [0, 0.1) is 17.8 Å². The standard InChI is InChI=1S/C20H33NO2/c1-4-17(22)9-10-18-19-13-15(12-16(19)14-20(18)23)8-6-5-7-11-21(2)3/h9-10,12,16,18-20,23H,4-8,11,13-14H2,1-3H3/b10-9+/t16-,18+,19-,20+/m0/s1. The summed E-state index contributed by atoms with van der Waals surface area (Å²) in [4.78, 5) is 13.7. The fraction of sp³-hybridized carbons (Fsp3) is 0.750. The molecule has 2 aliphatic carbocycles. The highest BCUT2D eigenvalue weighted by atomic mass is 16.3. The van der Waals surface area contributed by atoms with Crippen molar-refractivity contribution in [3.05, 3.63) is 23.8 Å². The van der Waals surface area contributed by atoms with Crippen LogP contribution in [0.3, 0.4) is 0 Å². The number of aliphatic hydroxyl groups excluding tert-OH is 1. The van der Waals surface area contributed by atoms with Gasteiger partial charge in [0.05, 0.1) is 6.10 Å². The van der Waals surface area contributed by atoms with Crippen molar-refractivity contribution < 1.29 is 9.90 Å². The molecular formula is C20H33NO2. The topological polar surface area (TPSA) is 40.5 Å². The number of hydrogen-bond donors (Lipinski definition) is 1. The third-order valence-corrected chi connectivity index (χ3v) is 5.41. The first-order valence-corrected chi connectivity index (χ1v) is 9.24. The number of ketones is 1. The molecule has 0 saturated heterocycles. The van der Waals surface area contributed by atoms with Gasteiger partial charge in [0, 0.05) is 12.3 Å². The SMILES string of the molecule is CCC(=O)/C=C/[C@@H]1[C@H]2CC(CCCCCN(C)C)=C[C@H]2C[C@H]1O.